The van der Waals surface area contributed by atoms with Gasteiger partial charge < -0.3 is 14.7 Å². The lowest BCUT2D eigenvalue weighted by molar-refractivity contribution is -0.189. The van der Waals surface area contributed by atoms with Crippen molar-refractivity contribution in [1.82, 2.24) is 4.98 Å². The van der Waals surface area contributed by atoms with Crippen molar-refractivity contribution in [3.8, 4) is 5.88 Å². The van der Waals surface area contributed by atoms with Gasteiger partial charge in [0, 0.05) is 12.6 Å². The fourth-order valence-electron chi connectivity index (χ4n) is 4.12. The molecule has 0 bridgehead atoms. The Balaban J connectivity index is 1.67. The molecule has 1 aliphatic carbocycles. The number of rotatable bonds is 4. The largest absolute Gasteiger partial charge is 0.465 e. The summed E-state index contributed by atoms with van der Waals surface area (Å²) in [4.78, 5) is 18.7. The Kier molecular flexibility index (Phi) is 5.38. The highest BCUT2D eigenvalue weighted by Crippen LogP contribution is 2.50. The number of anilines is 1. The molecule has 3 rings (SSSR count). The van der Waals surface area contributed by atoms with Crippen LogP contribution in [0.2, 0.25) is 0 Å². The van der Waals surface area contributed by atoms with Crippen LogP contribution in [-0.2, 0) is 4.79 Å². The summed E-state index contributed by atoms with van der Waals surface area (Å²) in [7, 11) is 0. The first-order valence-electron chi connectivity index (χ1n) is 9.71. The molecule has 5 nitrogen and oxygen atoms in total. The van der Waals surface area contributed by atoms with Crippen molar-refractivity contribution in [2.24, 2.45) is 11.3 Å². The minimum Gasteiger partial charge on any atom is -0.465 e. The van der Waals surface area contributed by atoms with Gasteiger partial charge in [0.2, 0.25) is 11.8 Å². The van der Waals surface area contributed by atoms with Gasteiger partial charge in [-0.05, 0) is 51.0 Å². The number of pyridine rings is 1. The fourth-order valence-corrected chi connectivity index (χ4v) is 4.12. The second kappa shape index (κ2) is 7.21. The predicted octanol–water partition coefficient (Wildman–Crippen LogP) is 4.10. The molecule has 1 aliphatic heterocycles. The molecular weight excluding hydrogens is 373 g/mol. The summed E-state index contributed by atoms with van der Waals surface area (Å²) in [6, 6.07) is 2.92. The van der Waals surface area contributed by atoms with Crippen molar-refractivity contribution >= 4 is 11.6 Å². The summed E-state index contributed by atoms with van der Waals surface area (Å²) in [5.74, 6) is 0.0281. The number of alkyl halides is 3. The number of amides is 1. The van der Waals surface area contributed by atoms with E-state index in [-0.39, 0.29) is 17.7 Å². The molecule has 1 saturated heterocycles. The summed E-state index contributed by atoms with van der Waals surface area (Å²) >= 11 is 0. The van der Waals surface area contributed by atoms with E-state index >= 15 is 0 Å². The maximum Gasteiger partial charge on any atom is 0.425 e. The molecule has 0 aromatic carbocycles. The van der Waals surface area contributed by atoms with Gasteiger partial charge in [-0.1, -0.05) is 13.8 Å². The Morgan fingerprint density at radius 2 is 1.79 bits per heavy atom. The molecule has 1 aromatic heterocycles. The zero-order valence-electron chi connectivity index (χ0n) is 16.4. The second-order valence-corrected chi connectivity index (χ2v) is 8.40. The van der Waals surface area contributed by atoms with E-state index in [1.54, 1.807) is 11.0 Å². The average molecular weight is 400 g/mol. The van der Waals surface area contributed by atoms with Crippen LogP contribution in [0, 0.1) is 11.3 Å². The standard InChI is InChI=1S/C20H27F3N2O3/c1-13(2)19(27)8-6-18(7-9-19)10-11-25(17(18)26)15-4-5-16(24-12-15)28-14(3)20(21,22)23/h4-5,12-14,27H,6-11H2,1-3H3/t14-,18-,19-/m0/s1. The molecule has 2 aliphatic rings. The maximum absolute atomic E-state index is 13.1. The number of hydrogen-bond acceptors (Lipinski definition) is 4. The molecule has 1 atom stereocenters. The highest BCUT2D eigenvalue weighted by atomic mass is 19.4. The van der Waals surface area contributed by atoms with Crippen LogP contribution >= 0.6 is 0 Å². The second-order valence-electron chi connectivity index (χ2n) is 8.40. The van der Waals surface area contributed by atoms with E-state index in [9.17, 15) is 23.1 Å². The topological polar surface area (TPSA) is 62.7 Å². The number of aliphatic hydroxyl groups is 1. The molecule has 8 heteroatoms. The molecule has 1 saturated carbocycles. The third kappa shape index (κ3) is 3.83. The number of carbonyl (C=O) groups excluding carboxylic acids is 1. The highest BCUT2D eigenvalue weighted by Gasteiger charge is 2.52. The maximum atomic E-state index is 13.1. The molecule has 1 spiro atoms. The van der Waals surface area contributed by atoms with Gasteiger partial charge in [-0.3, -0.25) is 4.79 Å². The van der Waals surface area contributed by atoms with Gasteiger partial charge in [0.1, 0.15) is 0 Å². The van der Waals surface area contributed by atoms with E-state index in [0.29, 0.717) is 44.3 Å². The Bertz CT molecular complexity index is 710. The van der Waals surface area contributed by atoms with Gasteiger partial charge in [0.05, 0.1) is 22.9 Å². The minimum absolute atomic E-state index is 0.0115. The Hall–Kier alpha value is -1.83. The molecule has 1 N–H and O–H groups in total. The highest BCUT2D eigenvalue weighted by molar-refractivity contribution is 5.99. The quantitative estimate of drug-likeness (QED) is 0.827. The van der Waals surface area contributed by atoms with Gasteiger partial charge in [-0.2, -0.15) is 13.2 Å². The first-order valence-corrected chi connectivity index (χ1v) is 9.71. The van der Waals surface area contributed by atoms with Crippen LogP contribution in [0.4, 0.5) is 18.9 Å². The third-order valence-corrected chi connectivity index (χ3v) is 6.45. The van der Waals surface area contributed by atoms with Crippen LogP contribution in [0.15, 0.2) is 18.3 Å². The van der Waals surface area contributed by atoms with E-state index in [0.717, 1.165) is 6.92 Å². The van der Waals surface area contributed by atoms with Gasteiger partial charge in [-0.25, -0.2) is 4.98 Å². The minimum atomic E-state index is -4.46. The van der Waals surface area contributed by atoms with E-state index < -0.39 is 23.3 Å². The fraction of sp³-hybridized carbons (Fsp3) is 0.700. The van der Waals surface area contributed by atoms with E-state index in [4.69, 9.17) is 4.74 Å². The Labute approximate surface area is 162 Å². The van der Waals surface area contributed by atoms with Crippen molar-refractivity contribution in [2.45, 2.75) is 70.8 Å². The third-order valence-electron chi connectivity index (χ3n) is 6.45. The van der Waals surface area contributed by atoms with Crippen molar-refractivity contribution in [2.75, 3.05) is 11.4 Å². The van der Waals surface area contributed by atoms with E-state index in [1.807, 2.05) is 13.8 Å². The van der Waals surface area contributed by atoms with Crippen LogP contribution in [-0.4, -0.2) is 40.4 Å². The number of ether oxygens (including phenoxy) is 1. The molecule has 2 heterocycles. The first kappa shape index (κ1) is 20.9. The smallest absolute Gasteiger partial charge is 0.425 e. The molecule has 0 unspecified atom stereocenters. The van der Waals surface area contributed by atoms with E-state index in [2.05, 4.69) is 4.98 Å². The summed E-state index contributed by atoms with van der Waals surface area (Å²) in [6.07, 6.45) is -1.83. The normalized spacial score (nSPS) is 29.6. The average Bonchev–Trinajstić information content (AvgIpc) is 2.94. The molecule has 28 heavy (non-hydrogen) atoms. The zero-order valence-corrected chi connectivity index (χ0v) is 16.4. The van der Waals surface area contributed by atoms with Crippen LogP contribution in [0.5, 0.6) is 5.88 Å². The van der Waals surface area contributed by atoms with Crippen LogP contribution in [0.3, 0.4) is 0 Å². The van der Waals surface area contributed by atoms with Crippen LogP contribution in [0.25, 0.3) is 0 Å². The van der Waals surface area contributed by atoms with Crippen molar-refractivity contribution in [3.63, 3.8) is 0 Å². The summed E-state index contributed by atoms with van der Waals surface area (Å²) in [5.41, 5.74) is -0.617. The monoisotopic (exact) mass is 400 g/mol. The number of nitrogens with zero attached hydrogens (tertiary/aromatic N) is 2. The summed E-state index contributed by atoms with van der Waals surface area (Å²) in [5, 5.41) is 10.7. The Morgan fingerprint density at radius 3 is 2.29 bits per heavy atom. The molecule has 156 valence electrons. The summed E-state index contributed by atoms with van der Waals surface area (Å²) < 4.78 is 42.6. The number of halogens is 3. The zero-order chi connectivity index (χ0) is 20.7. The number of carbonyl (C=O) groups is 1. The predicted molar refractivity (Wildman–Crippen MR) is 98.0 cm³/mol. The van der Waals surface area contributed by atoms with Gasteiger partial charge in [-0.15, -0.1) is 0 Å². The van der Waals surface area contributed by atoms with Crippen molar-refractivity contribution < 1.29 is 27.8 Å². The number of aromatic nitrogens is 1. The first-order chi connectivity index (χ1) is 13.0. The lowest BCUT2D eigenvalue weighted by Crippen LogP contribution is -2.46. The van der Waals surface area contributed by atoms with Crippen molar-refractivity contribution in [1.29, 1.82) is 0 Å². The van der Waals surface area contributed by atoms with Crippen molar-refractivity contribution in [3.05, 3.63) is 18.3 Å². The van der Waals surface area contributed by atoms with E-state index in [1.165, 1.54) is 12.3 Å². The van der Waals surface area contributed by atoms with Crippen LogP contribution in [0.1, 0.15) is 52.9 Å². The van der Waals surface area contributed by atoms with Gasteiger partial charge in [0.25, 0.3) is 0 Å². The molecule has 2 fully saturated rings. The molecule has 0 radical (unpaired) electrons. The lowest BCUT2D eigenvalue weighted by Gasteiger charge is -2.43. The SMILES string of the molecule is CC(C)[C@]1(O)CC[C@@]2(CCN(c3ccc(O[C@@H](C)C(F)(F)F)nc3)C2=O)CC1. The Morgan fingerprint density at radius 1 is 1.14 bits per heavy atom. The molecule has 1 aromatic rings. The molecule has 1 amide bonds. The lowest BCUT2D eigenvalue weighted by atomic mass is 9.65. The van der Waals surface area contributed by atoms with Gasteiger partial charge in [0.15, 0.2) is 6.10 Å². The summed E-state index contributed by atoms with van der Waals surface area (Å²) in [6.45, 7) is 5.45. The number of hydrogen-bond donors (Lipinski definition) is 1. The van der Waals surface area contributed by atoms with Gasteiger partial charge >= 0.3 is 6.18 Å². The molecular formula is C20H27F3N2O3. The van der Waals surface area contributed by atoms with Crippen LogP contribution < -0.4 is 9.64 Å².